The molecule has 2 amide bonds. The van der Waals surface area contributed by atoms with Gasteiger partial charge < -0.3 is 28.9 Å². The number of benzene rings is 4. The van der Waals surface area contributed by atoms with Crippen LogP contribution in [0.2, 0.25) is 23.7 Å². The van der Waals surface area contributed by atoms with Gasteiger partial charge in [-0.25, -0.2) is 0 Å². The van der Waals surface area contributed by atoms with Crippen molar-refractivity contribution in [3.63, 3.8) is 0 Å². The van der Waals surface area contributed by atoms with Crippen LogP contribution in [0.25, 0.3) is 0 Å². The number of methoxy groups -OCH3 is 1. The van der Waals surface area contributed by atoms with Crippen molar-refractivity contribution >= 4 is 43.2 Å². The monoisotopic (exact) mass is 767 g/mol. The highest BCUT2D eigenvalue weighted by atomic mass is 35.5. The van der Waals surface area contributed by atoms with Gasteiger partial charge in [0.1, 0.15) is 5.75 Å². The van der Waals surface area contributed by atoms with Gasteiger partial charge in [-0.3, -0.25) is 14.3 Å². The van der Waals surface area contributed by atoms with Crippen molar-refractivity contribution in [1.82, 2.24) is 15.0 Å². The van der Waals surface area contributed by atoms with Crippen molar-refractivity contribution in [3.8, 4) is 5.75 Å². The first-order valence-electron chi connectivity index (χ1n) is 18.0. The van der Waals surface area contributed by atoms with Crippen LogP contribution in [0.5, 0.6) is 5.75 Å². The molecule has 0 radical (unpaired) electrons. The van der Waals surface area contributed by atoms with E-state index >= 15 is 4.11 Å². The van der Waals surface area contributed by atoms with E-state index < -0.39 is 31.6 Å². The highest BCUT2D eigenvalue weighted by Gasteiger charge is 2.66. The Kier molecular flexibility index (Phi) is 10.5. The van der Waals surface area contributed by atoms with Crippen LogP contribution in [0, 0.1) is 5.92 Å². The van der Waals surface area contributed by atoms with E-state index in [1.54, 1.807) is 78.4 Å². The number of aliphatic hydroxyl groups is 1. The maximum Gasteiger partial charge on any atom is 0.264 e. The summed E-state index contributed by atoms with van der Waals surface area (Å²) in [5.74, 6) is -0.728. The molecule has 2 aliphatic rings. The minimum absolute atomic E-state index is 0.124. The lowest BCUT2D eigenvalue weighted by Crippen LogP contribution is -2.45. The normalized spacial score (nSPS) is 21.4. The number of fused-ring (bicyclic) bond motifs is 2. The largest absolute Gasteiger partial charge is 0.497 e. The Bertz CT molecular complexity index is 2150. The van der Waals surface area contributed by atoms with E-state index in [0.717, 1.165) is 11.1 Å². The number of anilines is 2. The topological polar surface area (TPSA) is 119 Å². The van der Waals surface area contributed by atoms with Gasteiger partial charge in [0.05, 0.1) is 43.7 Å². The Hall–Kier alpha value is -4.88. The summed E-state index contributed by atoms with van der Waals surface area (Å²) in [6, 6.07) is 29.1. The Morgan fingerprint density at radius 1 is 1.07 bits per heavy atom. The molecule has 5 aromatic rings. The van der Waals surface area contributed by atoms with Crippen LogP contribution in [0.1, 0.15) is 52.0 Å². The molecule has 13 heteroatoms. The van der Waals surface area contributed by atoms with Gasteiger partial charge in [0, 0.05) is 46.0 Å². The summed E-state index contributed by atoms with van der Waals surface area (Å²) in [5.41, 5.74) is 2.71. The first-order chi connectivity index (χ1) is 25.9. The number of hydrogen-bond donors (Lipinski definition) is 2. The quantitative estimate of drug-likeness (QED) is 0.0986. The maximum absolute atomic E-state index is 16.4. The number of aliphatic hydroxyl groups excluding tert-OH is 1. The fourth-order valence-electron chi connectivity index (χ4n) is 8.22. The molecular formula is C41H43ClFN5O5Si. The molecule has 5 atom stereocenters. The lowest BCUT2D eigenvalue weighted by Gasteiger charge is -2.31. The number of nitrogens with one attached hydrogen (secondary N) is 1. The zero-order valence-electron chi connectivity index (χ0n) is 30.6. The highest BCUT2D eigenvalue weighted by molar-refractivity contribution is 6.72. The molecule has 280 valence electrons. The zero-order valence-corrected chi connectivity index (χ0v) is 32.3. The number of aromatic nitrogens is 3. The zero-order chi connectivity index (χ0) is 38.2. The second kappa shape index (κ2) is 15.1. The van der Waals surface area contributed by atoms with Crippen molar-refractivity contribution in [2.75, 3.05) is 23.9 Å². The van der Waals surface area contributed by atoms with Crippen molar-refractivity contribution in [3.05, 3.63) is 136 Å². The molecule has 10 nitrogen and oxygen atoms in total. The number of rotatable bonds is 12. The number of hydrogen-bond acceptors (Lipinski definition) is 7. The maximum atomic E-state index is 16.4. The molecule has 3 heterocycles. The molecule has 0 saturated carbocycles. The molecule has 1 unspecified atom stereocenters. The van der Waals surface area contributed by atoms with E-state index in [1.807, 2.05) is 61.5 Å². The van der Waals surface area contributed by atoms with Gasteiger partial charge in [-0.05, 0) is 85.2 Å². The third-order valence-electron chi connectivity index (χ3n) is 10.7. The molecule has 4 aromatic carbocycles. The Morgan fingerprint density at radius 2 is 1.83 bits per heavy atom. The predicted molar refractivity (Wildman–Crippen MR) is 208 cm³/mol. The summed E-state index contributed by atoms with van der Waals surface area (Å²) in [4.78, 5) is 29.6. The molecule has 1 spiro atoms. The van der Waals surface area contributed by atoms with Gasteiger partial charge in [0.25, 0.3) is 11.8 Å². The number of aryl methyl sites for hydroxylation is 1. The fourth-order valence-corrected chi connectivity index (χ4v) is 10.9. The van der Waals surface area contributed by atoms with Gasteiger partial charge in [0.2, 0.25) is 8.41 Å². The van der Waals surface area contributed by atoms with E-state index in [-0.39, 0.29) is 30.9 Å². The number of nitrogens with zero attached hydrogens (tertiary/aromatic N) is 4. The molecule has 0 bridgehead atoms. The number of halogens is 2. The van der Waals surface area contributed by atoms with Crippen molar-refractivity contribution in [2.24, 2.45) is 5.92 Å². The van der Waals surface area contributed by atoms with Crippen LogP contribution < -0.4 is 15.0 Å². The molecule has 7 rings (SSSR count). The molecule has 1 aromatic heterocycles. The molecule has 2 N–H and O–H groups in total. The van der Waals surface area contributed by atoms with E-state index in [9.17, 15) is 14.7 Å². The average Bonchev–Trinajstić information content (AvgIpc) is 3.81. The average molecular weight is 768 g/mol. The number of amides is 2. The molecule has 2 aliphatic heterocycles. The van der Waals surface area contributed by atoms with Gasteiger partial charge in [0.15, 0.2) is 5.60 Å². The summed E-state index contributed by atoms with van der Waals surface area (Å²) in [6.45, 7) is 5.71. The van der Waals surface area contributed by atoms with E-state index in [4.69, 9.17) is 21.1 Å². The summed E-state index contributed by atoms with van der Waals surface area (Å²) < 4.78 is 30.2. The smallest absolute Gasteiger partial charge is 0.264 e. The Labute approximate surface area is 320 Å². The van der Waals surface area contributed by atoms with E-state index in [0.29, 0.717) is 51.9 Å². The number of carbonyl (C=O) groups is 2. The van der Waals surface area contributed by atoms with Crippen LogP contribution in [0.4, 0.5) is 15.5 Å². The molecular weight excluding hydrogens is 725 g/mol. The van der Waals surface area contributed by atoms with E-state index in [2.05, 4.69) is 15.6 Å². The molecule has 1 saturated heterocycles. The SMILES string of the molecule is COc1ccc(C(=O)Nc2cccc(CN3C(=O)[C@@]4(O[C@@H](CCn5cc(C(CO)c6ccccc6)nn5)[C@H]([Si](C)(C)F)[C@H]4C)c4cc(Cl)ccc43)c2)cc1. The summed E-state index contributed by atoms with van der Waals surface area (Å²) >= 11 is 6.58. The number of carbonyl (C=O) groups excluding carboxylic acids is 2. The Balaban J connectivity index is 1.13. The van der Waals surface area contributed by atoms with Crippen LogP contribution in [0.3, 0.4) is 0 Å². The summed E-state index contributed by atoms with van der Waals surface area (Å²) in [5, 5.41) is 22.2. The second-order valence-electron chi connectivity index (χ2n) is 14.5. The van der Waals surface area contributed by atoms with Crippen molar-refractivity contribution in [1.29, 1.82) is 0 Å². The highest BCUT2D eigenvalue weighted by Crippen LogP contribution is 2.60. The fraction of sp³-hybridized carbons (Fsp3) is 0.317. The van der Waals surface area contributed by atoms with Crippen molar-refractivity contribution in [2.45, 2.75) is 62.7 Å². The minimum Gasteiger partial charge on any atom is -0.497 e. The standard InChI is InChI=1S/C41H43ClFN5O5Si/c1-26-38(54(3,4)43)37(19-20-47-24-35(45-46-47)33(25-49)28-10-6-5-7-11-28)53-41(26)34-22-30(42)15-18-36(34)48(40(41)51)23-27-9-8-12-31(21-27)44-39(50)29-13-16-32(52-2)17-14-29/h5-18,21-22,24,26,33,37-38,49H,19-20,23,25H2,1-4H3,(H,44,50)/t26-,33?,37+,38-,41+/m1/s1. The predicted octanol–water partition coefficient (Wildman–Crippen LogP) is 7.73. The minimum atomic E-state index is -3.42. The van der Waals surface area contributed by atoms with Gasteiger partial charge in [-0.1, -0.05) is 66.2 Å². The van der Waals surface area contributed by atoms with E-state index in [1.165, 1.54) is 0 Å². The molecule has 54 heavy (non-hydrogen) atoms. The summed E-state index contributed by atoms with van der Waals surface area (Å²) in [7, 11) is -1.85. The van der Waals surface area contributed by atoms with Crippen LogP contribution in [-0.2, 0) is 28.2 Å². The van der Waals surface area contributed by atoms with Crippen LogP contribution in [-0.4, -0.2) is 60.1 Å². The van der Waals surface area contributed by atoms with Gasteiger partial charge in [-0.2, -0.15) is 0 Å². The first kappa shape index (κ1) is 37.4. The van der Waals surface area contributed by atoms with Gasteiger partial charge >= 0.3 is 0 Å². The molecule has 1 fully saturated rings. The van der Waals surface area contributed by atoms with Crippen LogP contribution >= 0.6 is 11.6 Å². The first-order valence-corrected chi connectivity index (χ1v) is 21.3. The van der Waals surface area contributed by atoms with Crippen LogP contribution in [0.15, 0.2) is 103 Å². The summed E-state index contributed by atoms with van der Waals surface area (Å²) in [6.07, 6.45) is 1.61. The third-order valence-corrected chi connectivity index (χ3v) is 13.4. The molecule has 0 aliphatic carbocycles. The van der Waals surface area contributed by atoms with Gasteiger partial charge in [-0.15, -0.1) is 5.10 Å². The third kappa shape index (κ3) is 7.06. The lowest BCUT2D eigenvalue weighted by molar-refractivity contribution is -0.146. The van der Waals surface area contributed by atoms with Crippen molar-refractivity contribution < 1.29 is 28.3 Å². The number of ether oxygens (including phenoxy) is 2. The lowest BCUT2D eigenvalue weighted by atomic mass is 9.82. The second-order valence-corrected chi connectivity index (χ2v) is 18.8. The Morgan fingerprint density at radius 3 is 2.54 bits per heavy atom.